The van der Waals surface area contributed by atoms with Gasteiger partial charge in [0.05, 0.1) is 23.4 Å². The molecule has 0 radical (unpaired) electrons. The largest absolute Gasteiger partial charge is 0.392 e. The van der Waals surface area contributed by atoms with Crippen LogP contribution in [0.25, 0.3) is 11.1 Å². The highest BCUT2D eigenvalue weighted by atomic mass is 32.2. The summed E-state index contributed by atoms with van der Waals surface area (Å²) < 4.78 is 38.0. The van der Waals surface area contributed by atoms with Crippen molar-refractivity contribution in [2.75, 3.05) is 6.54 Å². The van der Waals surface area contributed by atoms with Gasteiger partial charge in [-0.05, 0) is 12.5 Å². The second-order valence-electron chi connectivity index (χ2n) is 6.39. The van der Waals surface area contributed by atoms with Gasteiger partial charge in [0.1, 0.15) is 10.9 Å². The lowest BCUT2D eigenvalue weighted by atomic mass is 10.2. The zero-order valence-corrected chi connectivity index (χ0v) is 15.7. The van der Waals surface area contributed by atoms with E-state index in [1.54, 1.807) is 0 Å². The maximum atomic E-state index is 13.2. The molecular weight excluding hydrogens is 374 g/mol. The van der Waals surface area contributed by atoms with Crippen LogP contribution in [-0.4, -0.2) is 50.8 Å². The molecule has 0 bridgehead atoms. The third-order valence-electron chi connectivity index (χ3n) is 4.64. The number of hydrogen-bond donors (Lipinski definition) is 1. The Hall–Kier alpha value is -2.37. The van der Waals surface area contributed by atoms with Crippen LogP contribution in [0.2, 0.25) is 0 Å². The summed E-state index contributed by atoms with van der Waals surface area (Å²) in [6.45, 7) is 3.71. The summed E-state index contributed by atoms with van der Waals surface area (Å²) >= 11 is 0. The van der Waals surface area contributed by atoms with E-state index in [-0.39, 0.29) is 29.5 Å². The number of fused-ring (bicyclic) bond motifs is 1. The van der Waals surface area contributed by atoms with Crippen LogP contribution in [0.15, 0.2) is 26.2 Å². The number of pyridine rings is 1. The molecule has 0 saturated carbocycles. The van der Waals surface area contributed by atoms with Crippen molar-refractivity contribution in [1.82, 2.24) is 24.6 Å². The fourth-order valence-electron chi connectivity index (χ4n) is 3.21. The maximum Gasteiger partial charge on any atom is 0.258 e. The Morgan fingerprint density at radius 1 is 1.26 bits per heavy atom. The molecule has 0 amide bonds. The summed E-state index contributed by atoms with van der Waals surface area (Å²) in [5.41, 5.74) is 0.922. The molecule has 3 aromatic heterocycles. The third kappa shape index (κ3) is 3.01. The molecule has 3 aromatic rings. The Labute approximate surface area is 155 Å². The number of rotatable bonds is 5. The standard InChI is InChI=1S/C16H19N5O5S/c1-3-12-11-6-10(7-17-15(11)25-19-12)27(23,24)21-8-9(22)5-13(21)16-18-14(4-2)20-26-16/h6-7,9,13,22H,3-5,8H2,1-2H3/t9-,13+/m0/s1. The Kier molecular flexibility index (Phi) is 4.44. The summed E-state index contributed by atoms with van der Waals surface area (Å²) in [6.07, 6.45) is 1.76. The molecule has 0 unspecified atom stereocenters. The van der Waals surface area contributed by atoms with Gasteiger partial charge in [-0.1, -0.05) is 24.2 Å². The SMILES string of the molecule is CCc1noc([C@H]2C[C@H](O)CN2S(=O)(=O)c2cnc3onc(CC)c3c2)n1. The molecule has 1 saturated heterocycles. The van der Waals surface area contributed by atoms with Gasteiger partial charge < -0.3 is 14.2 Å². The first kappa shape index (κ1) is 18.0. The van der Waals surface area contributed by atoms with E-state index in [0.29, 0.717) is 29.7 Å². The quantitative estimate of drug-likeness (QED) is 0.678. The maximum absolute atomic E-state index is 13.2. The first-order valence-electron chi connectivity index (χ1n) is 8.70. The molecule has 1 fully saturated rings. The summed E-state index contributed by atoms with van der Waals surface area (Å²) in [5, 5.41) is 18.4. The summed E-state index contributed by atoms with van der Waals surface area (Å²) in [5.74, 6) is 0.670. The number of aromatic nitrogens is 4. The monoisotopic (exact) mass is 393 g/mol. The van der Waals surface area contributed by atoms with Crippen LogP contribution in [0.1, 0.15) is 43.7 Å². The van der Waals surface area contributed by atoms with Gasteiger partial charge in [-0.3, -0.25) is 0 Å². The summed E-state index contributed by atoms with van der Waals surface area (Å²) in [4.78, 5) is 8.31. The number of aliphatic hydroxyl groups excluding tert-OH is 1. The average molecular weight is 393 g/mol. The van der Waals surface area contributed by atoms with Crippen molar-refractivity contribution >= 4 is 21.1 Å². The summed E-state index contributed by atoms with van der Waals surface area (Å²) in [6, 6.07) is 0.779. The number of nitrogens with zero attached hydrogens (tertiary/aromatic N) is 5. The van der Waals surface area contributed by atoms with Gasteiger partial charge in [0, 0.05) is 19.4 Å². The lowest BCUT2D eigenvalue weighted by molar-refractivity contribution is 0.188. The highest BCUT2D eigenvalue weighted by Crippen LogP contribution is 2.36. The topological polar surface area (TPSA) is 135 Å². The van der Waals surface area contributed by atoms with Gasteiger partial charge >= 0.3 is 0 Å². The molecule has 27 heavy (non-hydrogen) atoms. The zero-order valence-electron chi connectivity index (χ0n) is 14.9. The van der Waals surface area contributed by atoms with Crippen molar-refractivity contribution in [3.05, 3.63) is 29.7 Å². The van der Waals surface area contributed by atoms with Crippen LogP contribution < -0.4 is 0 Å². The first-order chi connectivity index (χ1) is 12.9. The Morgan fingerprint density at radius 3 is 2.78 bits per heavy atom. The molecule has 10 nitrogen and oxygen atoms in total. The molecule has 4 heterocycles. The van der Waals surface area contributed by atoms with E-state index >= 15 is 0 Å². The molecule has 11 heteroatoms. The molecule has 4 rings (SSSR count). The molecule has 0 aromatic carbocycles. The van der Waals surface area contributed by atoms with Gasteiger partial charge in [-0.2, -0.15) is 9.29 Å². The van der Waals surface area contributed by atoms with Crippen molar-refractivity contribution in [3.63, 3.8) is 0 Å². The summed E-state index contributed by atoms with van der Waals surface area (Å²) in [7, 11) is -3.95. The average Bonchev–Trinajstić information content (AvgIpc) is 3.38. The van der Waals surface area contributed by atoms with Crippen molar-refractivity contribution < 1.29 is 22.6 Å². The fraction of sp³-hybridized carbons (Fsp3) is 0.500. The van der Waals surface area contributed by atoms with E-state index in [2.05, 4.69) is 20.3 Å². The number of β-amino-alcohol motifs (C(OH)–C–C–N with tert-alkyl or cyclic N) is 1. The minimum atomic E-state index is -3.95. The van der Waals surface area contributed by atoms with Crippen LogP contribution in [0, 0.1) is 0 Å². The van der Waals surface area contributed by atoms with Crippen molar-refractivity contribution in [3.8, 4) is 0 Å². The van der Waals surface area contributed by atoms with E-state index in [4.69, 9.17) is 9.05 Å². The molecule has 1 N–H and O–H groups in total. The Bertz CT molecular complexity index is 1080. The van der Waals surface area contributed by atoms with E-state index in [1.165, 1.54) is 16.6 Å². The molecule has 2 atom stereocenters. The zero-order chi connectivity index (χ0) is 19.2. The minimum absolute atomic E-state index is 0.00207. The highest BCUT2D eigenvalue weighted by molar-refractivity contribution is 7.89. The van der Waals surface area contributed by atoms with E-state index < -0.39 is 22.2 Å². The van der Waals surface area contributed by atoms with Crippen LogP contribution >= 0.6 is 0 Å². The van der Waals surface area contributed by atoms with Gasteiger partial charge in [0.25, 0.3) is 5.71 Å². The number of sulfonamides is 1. The number of hydrogen-bond acceptors (Lipinski definition) is 9. The van der Waals surface area contributed by atoms with Gasteiger partial charge in [0.15, 0.2) is 5.82 Å². The van der Waals surface area contributed by atoms with Crippen molar-refractivity contribution in [1.29, 1.82) is 0 Å². The lowest BCUT2D eigenvalue weighted by Gasteiger charge is -2.20. The normalized spacial score (nSPS) is 21.3. The second kappa shape index (κ2) is 6.66. The predicted octanol–water partition coefficient (Wildman–Crippen LogP) is 1.23. The predicted molar refractivity (Wildman–Crippen MR) is 92.1 cm³/mol. The number of aryl methyl sites for hydroxylation is 2. The minimum Gasteiger partial charge on any atom is -0.392 e. The van der Waals surface area contributed by atoms with Gasteiger partial charge in [-0.25, -0.2) is 13.4 Å². The second-order valence-corrected chi connectivity index (χ2v) is 8.28. The fourth-order valence-corrected chi connectivity index (χ4v) is 4.82. The van der Waals surface area contributed by atoms with Crippen LogP contribution in [0.4, 0.5) is 0 Å². The molecular formula is C16H19N5O5S. The van der Waals surface area contributed by atoms with E-state index in [9.17, 15) is 13.5 Å². The molecule has 144 valence electrons. The van der Waals surface area contributed by atoms with Crippen LogP contribution in [0.5, 0.6) is 0 Å². The molecule has 0 spiro atoms. The smallest absolute Gasteiger partial charge is 0.258 e. The molecule has 1 aliphatic rings. The molecule has 1 aliphatic heterocycles. The highest BCUT2D eigenvalue weighted by Gasteiger charge is 2.43. The third-order valence-corrected chi connectivity index (χ3v) is 6.48. The van der Waals surface area contributed by atoms with Crippen LogP contribution in [0.3, 0.4) is 0 Å². The van der Waals surface area contributed by atoms with Crippen molar-refractivity contribution in [2.24, 2.45) is 0 Å². The Balaban J connectivity index is 1.75. The van der Waals surface area contributed by atoms with E-state index in [1.807, 2.05) is 13.8 Å². The van der Waals surface area contributed by atoms with Crippen molar-refractivity contribution in [2.45, 2.75) is 50.2 Å². The number of aliphatic hydroxyl groups is 1. The molecule has 0 aliphatic carbocycles. The Morgan fingerprint density at radius 2 is 2.07 bits per heavy atom. The first-order valence-corrected chi connectivity index (χ1v) is 10.1. The lowest BCUT2D eigenvalue weighted by Crippen LogP contribution is -2.32. The van der Waals surface area contributed by atoms with E-state index in [0.717, 1.165) is 0 Å². The van der Waals surface area contributed by atoms with Crippen LogP contribution in [-0.2, 0) is 22.9 Å². The van der Waals surface area contributed by atoms with Gasteiger partial charge in [-0.15, -0.1) is 0 Å². The van der Waals surface area contributed by atoms with Gasteiger partial charge in [0.2, 0.25) is 15.9 Å².